The van der Waals surface area contributed by atoms with Gasteiger partial charge in [0, 0.05) is 50.5 Å². The van der Waals surface area contributed by atoms with E-state index < -0.39 is 23.5 Å². The maximum absolute atomic E-state index is 15.2. The predicted molar refractivity (Wildman–Crippen MR) is 291 cm³/mol. The number of halogens is 6. The smallest absolute Gasteiger partial charge is 0.311 e. The van der Waals surface area contributed by atoms with Crippen LogP contribution in [0.5, 0.6) is 0 Å². The summed E-state index contributed by atoms with van der Waals surface area (Å²) < 4.78 is 91.8. The van der Waals surface area contributed by atoms with Crippen LogP contribution in [0.2, 0.25) is 0 Å². The Morgan fingerprint density at radius 2 is 0.868 bits per heavy atom. The average Bonchev–Trinajstić information content (AvgIpc) is 3.80. The molecule has 76 heavy (non-hydrogen) atoms. The van der Waals surface area contributed by atoms with E-state index in [2.05, 4.69) is 101 Å². The molecule has 3 heterocycles. The van der Waals surface area contributed by atoms with E-state index in [-0.39, 0.29) is 45.8 Å². The molecule has 0 amide bonds. The minimum absolute atomic E-state index is 0.0194. The van der Waals surface area contributed by atoms with Gasteiger partial charge in [0.2, 0.25) is 0 Å². The zero-order valence-electron chi connectivity index (χ0n) is 39.9. The van der Waals surface area contributed by atoms with Crippen LogP contribution in [-0.4, -0.2) is 11.3 Å². The first-order valence-corrected chi connectivity index (χ1v) is 24.4. The highest BCUT2D eigenvalue weighted by Crippen LogP contribution is 2.49. The van der Waals surface area contributed by atoms with Crippen LogP contribution in [0.4, 0.5) is 60.5 Å². The van der Waals surface area contributed by atoms with Gasteiger partial charge in [-0.15, -0.1) is 0 Å². The zero-order chi connectivity index (χ0) is 52.0. The molecule has 11 aromatic rings. The topological polar surface area (TPSA) is 59.0 Å². The summed E-state index contributed by atoms with van der Waals surface area (Å²) in [6, 6.07) is 70.0. The van der Waals surface area contributed by atoms with Gasteiger partial charge in [0.15, 0.2) is 0 Å². The van der Waals surface area contributed by atoms with E-state index in [4.69, 9.17) is 0 Å². The normalized spacial score (nSPS) is 12.8. The molecule has 10 aromatic carbocycles. The fourth-order valence-electron chi connectivity index (χ4n) is 11.5. The van der Waals surface area contributed by atoms with E-state index in [9.17, 15) is 23.7 Å². The number of rotatable bonds is 6. The minimum atomic E-state index is -4.96. The number of hydrogen-bond acceptors (Lipinski definition) is 4. The van der Waals surface area contributed by atoms with E-state index in [0.29, 0.717) is 11.0 Å². The first-order valence-electron chi connectivity index (χ1n) is 24.4. The molecular formula is C64H36BF6N5. The predicted octanol–water partition coefficient (Wildman–Crippen LogP) is 15.6. The van der Waals surface area contributed by atoms with Crippen molar-refractivity contribution in [3.05, 3.63) is 241 Å². The Morgan fingerprint density at radius 3 is 1.45 bits per heavy atom. The van der Waals surface area contributed by atoms with Crippen LogP contribution in [0.15, 0.2) is 218 Å². The largest absolute Gasteiger partial charge is 0.417 e. The Labute approximate surface area is 432 Å². The van der Waals surface area contributed by atoms with Crippen LogP contribution in [0.1, 0.15) is 22.3 Å². The summed E-state index contributed by atoms with van der Waals surface area (Å²) in [6.45, 7) is -0.0988. The molecule has 12 heteroatoms. The molecule has 0 aliphatic carbocycles. The molecule has 1 aromatic heterocycles. The van der Waals surface area contributed by atoms with Gasteiger partial charge in [0.25, 0.3) is 6.71 Å². The number of hydrogen-bond donors (Lipinski definition) is 0. The molecule has 362 valence electrons. The van der Waals surface area contributed by atoms with Gasteiger partial charge in [-0.1, -0.05) is 115 Å². The van der Waals surface area contributed by atoms with Gasteiger partial charge in [-0.2, -0.15) is 36.9 Å². The number of nitriles is 2. The van der Waals surface area contributed by atoms with Gasteiger partial charge in [0.1, 0.15) is 0 Å². The number of alkyl halides is 6. The molecule has 0 N–H and O–H groups in total. The van der Waals surface area contributed by atoms with Crippen LogP contribution in [0.25, 0.3) is 60.9 Å². The van der Waals surface area contributed by atoms with Crippen molar-refractivity contribution in [1.82, 2.24) is 4.57 Å². The van der Waals surface area contributed by atoms with E-state index >= 15 is 13.2 Å². The van der Waals surface area contributed by atoms with Crippen molar-refractivity contribution in [2.75, 3.05) is 9.80 Å². The lowest BCUT2D eigenvalue weighted by Crippen LogP contribution is -2.61. The van der Waals surface area contributed by atoms with Crippen molar-refractivity contribution in [3.63, 3.8) is 0 Å². The van der Waals surface area contributed by atoms with Crippen LogP contribution < -0.4 is 26.2 Å². The van der Waals surface area contributed by atoms with Crippen LogP contribution in [0.3, 0.4) is 0 Å². The summed E-state index contributed by atoms with van der Waals surface area (Å²) in [7, 11) is 0. The molecule has 13 rings (SSSR count). The number of para-hydroxylation sites is 5. The quantitative estimate of drug-likeness (QED) is 0.123. The summed E-state index contributed by atoms with van der Waals surface area (Å²) in [6.07, 6.45) is -9.86. The Hall–Kier alpha value is -9.78. The second kappa shape index (κ2) is 17.4. The Morgan fingerprint density at radius 1 is 0.368 bits per heavy atom. The third kappa shape index (κ3) is 7.32. The molecule has 0 saturated carbocycles. The number of anilines is 6. The van der Waals surface area contributed by atoms with Crippen molar-refractivity contribution in [3.8, 4) is 51.2 Å². The van der Waals surface area contributed by atoms with Crippen molar-refractivity contribution < 1.29 is 26.3 Å². The zero-order valence-corrected chi connectivity index (χ0v) is 39.9. The highest BCUT2D eigenvalue weighted by atomic mass is 19.4. The van der Waals surface area contributed by atoms with Crippen LogP contribution >= 0.6 is 0 Å². The van der Waals surface area contributed by atoms with Crippen LogP contribution in [0, 0.1) is 22.7 Å². The SMILES string of the molecule is N#Cc1ccc(-c2ccc(-n3c4ccccc4c4cc(-c5cc6c7c(c5)N(c5ccccc5)c5ccccc5B7c5ccccc5N6c5ccccc5)ccc43)c(-c3ccc(C#N)cc3C(F)(F)F)c2)c(C(F)(F)F)c1. The molecule has 5 nitrogen and oxygen atoms in total. The second-order valence-corrected chi connectivity index (χ2v) is 18.9. The number of nitrogens with zero attached hydrogens (tertiary/aromatic N) is 5. The molecule has 0 saturated heterocycles. The standard InChI is InChI=1S/C64H36BF6N5/c66-63(67,68)51-31-39(37-72)23-27-46(51)42-26-30-56(49(34-42)47-28-24-40(38-73)32-52(47)64(69,70)71)76-55-20-10-7-17-48(55)50-33-41(25-29-57(50)76)43-35-60-62-61(36-43)75(45-15-5-2-6-16-45)59-22-12-9-19-54(59)65(62)53-18-8-11-21-58(53)74(60)44-13-3-1-4-14-44/h1-36H. The summed E-state index contributed by atoms with van der Waals surface area (Å²) in [5.74, 6) is 0. The molecule has 0 bridgehead atoms. The Balaban J connectivity index is 1.07. The molecule has 2 aliphatic heterocycles. The average molecular weight is 1000 g/mol. The molecular weight excluding hydrogens is 964 g/mol. The second-order valence-electron chi connectivity index (χ2n) is 18.9. The lowest BCUT2D eigenvalue weighted by Gasteiger charge is -2.44. The summed E-state index contributed by atoms with van der Waals surface area (Å²) in [4.78, 5) is 4.66. The molecule has 2 aliphatic rings. The van der Waals surface area contributed by atoms with E-state index in [1.165, 1.54) is 47.3 Å². The van der Waals surface area contributed by atoms with E-state index in [1.54, 1.807) is 12.1 Å². The highest BCUT2D eigenvalue weighted by Gasteiger charge is 2.44. The van der Waals surface area contributed by atoms with Crippen molar-refractivity contribution in [2.45, 2.75) is 12.4 Å². The van der Waals surface area contributed by atoms with Crippen LogP contribution in [-0.2, 0) is 12.4 Å². The summed E-state index contributed by atoms with van der Waals surface area (Å²) in [5, 5.41) is 20.8. The molecule has 0 unspecified atom stereocenters. The Bertz CT molecular complexity index is 4150. The van der Waals surface area contributed by atoms with Gasteiger partial charge in [-0.25, -0.2) is 0 Å². The summed E-state index contributed by atoms with van der Waals surface area (Å²) in [5.41, 5.74) is 9.54. The van der Waals surface area contributed by atoms with Gasteiger partial charge in [-0.05, 0) is 147 Å². The first-order chi connectivity index (χ1) is 36.9. The van der Waals surface area contributed by atoms with E-state index in [0.717, 1.165) is 79.7 Å². The highest BCUT2D eigenvalue weighted by molar-refractivity contribution is 7.00. The van der Waals surface area contributed by atoms with Gasteiger partial charge < -0.3 is 14.4 Å². The maximum atomic E-state index is 15.2. The number of benzene rings is 10. The third-order valence-corrected chi connectivity index (χ3v) is 14.7. The fourth-order valence-corrected chi connectivity index (χ4v) is 11.5. The monoisotopic (exact) mass is 999 g/mol. The first kappa shape index (κ1) is 46.0. The van der Waals surface area contributed by atoms with Gasteiger partial charge in [-0.3, -0.25) is 0 Å². The maximum Gasteiger partial charge on any atom is 0.417 e. The Kier molecular flexibility index (Phi) is 10.6. The van der Waals surface area contributed by atoms with Gasteiger partial charge >= 0.3 is 12.4 Å². The summed E-state index contributed by atoms with van der Waals surface area (Å²) >= 11 is 0. The molecule has 0 spiro atoms. The molecule has 0 atom stereocenters. The number of aromatic nitrogens is 1. The van der Waals surface area contributed by atoms with Crippen molar-refractivity contribution in [2.24, 2.45) is 0 Å². The lowest BCUT2D eigenvalue weighted by molar-refractivity contribution is -0.137. The third-order valence-electron chi connectivity index (χ3n) is 14.7. The molecule has 0 radical (unpaired) electrons. The van der Waals surface area contributed by atoms with E-state index in [1.807, 2.05) is 77.4 Å². The number of fused-ring (bicyclic) bond motifs is 7. The molecule has 0 fully saturated rings. The van der Waals surface area contributed by atoms with Crippen molar-refractivity contribution >= 4 is 79.0 Å². The van der Waals surface area contributed by atoms with Gasteiger partial charge in [0.05, 0.1) is 51.1 Å². The lowest BCUT2D eigenvalue weighted by atomic mass is 9.33. The minimum Gasteiger partial charge on any atom is -0.311 e. The van der Waals surface area contributed by atoms with Crippen molar-refractivity contribution in [1.29, 1.82) is 10.5 Å². The fraction of sp³-hybridized carbons (Fsp3) is 0.0312.